The van der Waals surface area contributed by atoms with Gasteiger partial charge in [-0.1, -0.05) is 0 Å². The number of piperidine rings is 1. The van der Waals surface area contributed by atoms with E-state index in [9.17, 15) is 0 Å². The predicted molar refractivity (Wildman–Crippen MR) is 42.5 cm³/mol. The number of nitrogens with zero attached hydrogens (tertiary/aromatic N) is 1. The fraction of sp³-hybridized carbons (Fsp3) is 0.875. The highest BCUT2D eigenvalue weighted by Crippen LogP contribution is 2.21. The summed E-state index contributed by atoms with van der Waals surface area (Å²) in [6, 6.07) is 0.613. The van der Waals surface area contributed by atoms with E-state index in [1.54, 1.807) is 0 Å². The van der Waals surface area contributed by atoms with Crippen LogP contribution in [-0.2, 0) is 0 Å². The number of fused-ring (bicyclic) bond motifs is 1. The van der Waals surface area contributed by atoms with Crippen molar-refractivity contribution >= 4 is 6.21 Å². The molecule has 2 atom stereocenters. The summed E-state index contributed by atoms with van der Waals surface area (Å²) in [4.78, 5) is 4.27. The molecule has 0 spiro atoms. The number of hydrogen-bond donors (Lipinski definition) is 1. The largest absolute Gasteiger partial charge is 0.309 e. The van der Waals surface area contributed by atoms with E-state index in [0.717, 1.165) is 12.5 Å². The molecule has 1 fully saturated rings. The molecule has 0 aromatic rings. The van der Waals surface area contributed by atoms with E-state index in [4.69, 9.17) is 0 Å². The van der Waals surface area contributed by atoms with E-state index in [1.807, 2.05) is 0 Å². The van der Waals surface area contributed by atoms with E-state index in [0.29, 0.717) is 6.04 Å². The van der Waals surface area contributed by atoms with Crippen molar-refractivity contribution in [3.8, 4) is 0 Å². The van der Waals surface area contributed by atoms with Crippen molar-refractivity contribution in [3.05, 3.63) is 0 Å². The lowest BCUT2D eigenvalue weighted by Crippen LogP contribution is -2.44. The van der Waals surface area contributed by atoms with E-state index >= 15 is 0 Å². The Morgan fingerprint density at radius 2 is 2.40 bits per heavy atom. The third-order valence-electron chi connectivity index (χ3n) is 2.53. The van der Waals surface area contributed by atoms with Gasteiger partial charge in [0.15, 0.2) is 0 Å². The minimum absolute atomic E-state index is 0.613. The molecular formula is C8H14N2. The zero-order valence-electron chi connectivity index (χ0n) is 6.21. The summed E-state index contributed by atoms with van der Waals surface area (Å²) >= 11 is 0. The molecule has 1 N–H and O–H groups in total. The molecule has 56 valence electrons. The van der Waals surface area contributed by atoms with Crippen LogP contribution >= 0.6 is 0 Å². The standard InChI is InChI=1S/C8H14N2/c1-2-7-3-5-9-6-8(7)10-4-1/h6-8,10H,1-5H2. The summed E-state index contributed by atoms with van der Waals surface area (Å²) in [6.45, 7) is 2.25. The van der Waals surface area contributed by atoms with Crippen LogP contribution in [0, 0.1) is 5.92 Å². The highest BCUT2D eigenvalue weighted by molar-refractivity contribution is 5.65. The fourth-order valence-electron chi connectivity index (χ4n) is 1.91. The summed E-state index contributed by atoms with van der Waals surface area (Å²) in [7, 11) is 0. The van der Waals surface area contributed by atoms with Crippen molar-refractivity contribution in [2.75, 3.05) is 13.1 Å². The Morgan fingerprint density at radius 1 is 1.40 bits per heavy atom. The molecule has 0 radical (unpaired) electrons. The molecule has 2 heterocycles. The van der Waals surface area contributed by atoms with Crippen LogP contribution in [0.2, 0.25) is 0 Å². The van der Waals surface area contributed by atoms with Crippen LogP contribution < -0.4 is 5.32 Å². The first-order valence-corrected chi connectivity index (χ1v) is 4.20. The zero-order valence-corrected chi connectivity index (χ0v) is 6.21. The molecule has 2 heteroatoms. The van der Waals surface area contributed by atoms with Crippen LogP contribution in [0.4, 0.5) is 0 Å². The lowest BCUT2D eigenvalue weighted by Gasteiger charge is -2.32. The SMILES string of the molecule is C1=NCCC2CCCNC12. The third kappa shape index (κ3) is 1.08. The predicted octanol–water partition coefficient (Wildman–Crippen LogP) is 0.829. The second-order valence-electron chi connectivity index (χ2n) is 3.23. The minimum Gasteiger partial charge on any atom is -0.309 e. The van der Waals surface area contributed by atoms with Gasteiger partial charge in [0.1, 0.15) is 0 Å². The van der Waals surface area contributed by atoms with Gasteiger partial charge in [-0.15, -0.1) is 0 Å². The minimum atomic E-state index is 0.613. The molecule has 0 aliphatic carbocycles. The second-order valence-corrected chi connectivity index (χ2v) is 3.23. The number of aliphatic imine (C=N–C) groups is 1. The van der Waals surface area contributed by atoms with Gasteiger partial charge in [-0.2, -0.15) is 0 Å². The highest BCUT2D eigenvalue weighted by atomic mass is 15.0. The molecule has 0 aromatic heterocycles. The van der Waals surface area contributed by atoms with Crippen LogP contribution in [0.3, 0.4) is 0 Å². The Hall–Kier alpha value is -0.370. The topological polar surface area (TPSA) is 24.4 Å². The van der Waals surface area contributed by atoms with E-state index in [-0.39, 0.29) is 0 Å². The van der Waals surface area contributed by atoms with Gasteiger partial charge in [-0.25, -0.2) is 0 Å². The average Bonchev–Trinajstić information content (AvgIpc) is 2.05. The van der Waals surface area contributed by atoms with Crippen molar-refractivity contribution < 1.29 is 0 Å². The van der Waals surface area contributed by atoms with Crippen LogP contribution in [0.25, 0.3) is 0 Å². The van der Waals surface area contributed by atoms with Gasteiger partial charge >= 0.3 is 0 Å². The summed E-state index contributed by atoms with van der Waals surface area (Å²) < 4.78 is 0. The smallest absolute Gasteiger partial charge is 0.0449 e. The summed E-state index contributed by atoms with van der Waals surface area (Å²) in [5.41, 5.74) is 0. The van der Waals surface area contributed by atoms with Gasteiger partial charge in [0.2, 0.25) is 0 Å². The lowest BCUT2D eigenvalue weighted by atomic mass is 9.87. The Balaban J connectivity index is 2.03. The zero-order chi connectivity index (χ0) is 6.81. The first-order chi connectivity index (χ1) is 4.97. The van der Waals surface area contributed by atoms with Crippen molar-refractivity contribution in [2.45, 2.75) is 25.3 Å². The van der Waals surface area contributed by atoms with Crippen LogP contribution in [0.5, 0.6) is 0 Å². The highest BCUT2D eigenvalue weighted by Gasteiger charge is 2.24. The van der Waals surface area contributed by atoms with Gasteiger partial charge in [-0.3, -0.25) is 4.99 Å². The average molecular weight is 138 g/mol. The van der Waals surface area contributed by atoms with Crippen molar-refractivity contribution in [1.29, 1.82) is 0 Å². The maximum Gasteiger partial charge on any atom is 0.0449 e. The van der Waals surface area contributed by atoms with Gasteiger partial charge in [-0.05, 0) is 31.7 Å². The van der Waals surface area contributed by atoms with Crippen LogP contribution in [0.15, 0.2) is 4.99 Å². The van der Waals surface area contributed by atoms with Crippen molar-refractivity contribution in [1.82, 2.24) is 5.32 Å². The van der Waals surface area contributed by atoms with Crippen molar-refractivity contribution in [2.24, 2.45) is 10.9 Å². The summed E-state index contributed by atoms with van der Waals surface area (Å²) in [5.74, 6) is 0.895. The van der Waals surface area contributed by atoms with E-state index in [2.05, 4.69) is 16.5 Å². The van der Waals surface area contributed by atoms with Gasteiger partial charge in [0.25, 0.3) is 0 Å². The fourth-order valence-corrected chi connectivity index (χ4v) is 1.91. The Morgan fingerprint density at radius 3 is 3.30 bits per heavy atom. The molecule has 2 nitrogen and oxygen atoms in total. The van der Waals surface area contributed by atoms with E-state index < -0.39 is 0 Å². The van der Waals surface area contributed by atoms with Gasteiger partial charge in [0, 0.05) is 18.8 Å². The lowest BCUT2D eigenvalue weighted by molar-refractivity contribution is 0.315. The molecule has 10 heavy (non-hydrogen) atoms. The molecule has 0 saturated carbocycles. The molecule has 2 rings (SSSR count). The molecule has 2 unspecified atom stereocenters. The second kappa shape index (κ2) is 2.70. The summed E-state index contributed by atoms with van der Waals surface area (Å²) in [5, 5.41) is 3.47. The molecule has 2 aliphatic rings. The first kappa shape index (κ1) is 6.35. The van der Waals surface area contributed by atoms with Gasteiger partial charge in [0.05, 0.1) is 0 Å². The molecule has 0 bridgehead atoms. The maximum absolute atomic E-state index is 4.27. The van der Waals surface area contributed by atoms with E-state index in [1.165, 1.54) is 25.8 Å². The maximum atomic E-state index is 4.27. The molecular weight excluding hydrogens is 124 g/mol. The summed E-state index contributed by atoms with van der Waals surface area (Å²) in [6.07, 6.45) is 6.17. The first-order valence-electron chi connectivity index (χ1n) is 4.20. The van der Waals surface area contributed by atoms with Crippen molar-refractivity contribution in [3.63, 3.8) is 0 Å². The normalized spacial score (nSPS) is 39.2. The number of hydrogen-bond acceptors (Lipinski definition) is 2. The molecule has 2 aliphatic heterocycles. The third-order valence-corrected chi connectivity index (χ3v) is 2.53. The number of nitrogens with one attached hydrogen (secondary N) is 1. The Labute approximate surface area is 61.7 Å². The molecule has 0 amide bonds. The van der Waals surface area contributed by atoms with Gasteiger partial charge < -0.3 is 5.32 Å². The van der Waals surface area contributed by atoms with Crippen LogP contribution in [-0.4, -0.2) is 25.3 Å². The number of rotatable bonds is 0. The Bertz CT molecular complexity index is 142. The quantitative estimate of drug-likeness (QED) is 0.527. The Kier molecular flexibility index (Phi) is 1.72. The molecule has 0 aromatic carbocycles. The monoisotopic (exact) mass is 138 g/mol. The molecule has 1 saturated heterocycles. The van der Waals surface area contributed by atoms with Crippen LogP contribution in [0.1, 0.15) is 19.3 Å².